The molecule has 0 fully saturated rings. The molecule has 4 nitrogen and oxygen atoms in total. The zero-order chi connectivity index (χ0) is 10.0. The number of aromatic carboxylic acids is 1. The van der Waals surface area contributed by atoms with Crippen LogP contribution in [0.3, 0.4) is 0 Å². The van der Waals surface area contributed by atoms with Crippen LogP contribution in [0.1, 0.15) is 22.8 Å². The van der Waals surface area contributed by atoms with E-state index in [9.17, 15) is 15.0 Å². The molecule has 0 amide bonds. The third kappa shape index (κ3) is 1.72. The van der Waals surface area contributed by atoms with Crippen LogP contribution in [-0.2, 0) is 6.42 Å². The Morgan fingerprint density at radius 3 is 2.08 bits per heavy atom. The summed E-state index contributed by atoms with van der Waals surface area (Å²) in [5.41, 5.74) is 0.247. The Hall–Kier alpha value is -1.71. The van der Waals surface area contributed by atoms with Gasteiger partial charge < -0.3 is 15.3 Å². The van der Waals surface area contributed by atoms with Crippen molar-refractivity contribution in [3.63, 3.8) is 0 Å². The lowest BCUT2D eigenvalue weighted by Gasteiger charge is -2.04. The first kappa shape index (κ1) is 9.38. The van der Waals surface area contributed by atoms with Gasteiger partial charge in [-0.15, -0.1) is 0 Å². The van der Waals surface area contributed by atoms with E-state index < -0.39 is 23.0 Å². The molecule has 0 aliphatic rings. The van der Waals surface area contributed by atoms with E-state index in [0.717, 1.165) is 0 Å². The highest BCUT2D eigenvalue weighted by atomic mass is 16.4. The van der Waals surface area contributed by atoms with Crippen LogP contribution < -0.4 is 0 Å². The lowest BCUT2D eigenvalue weighted by molar-refractivity contribution is 0.0690. The van der Waals surface area contributed by atoms with Gasteiger partial charge in [-0.3, -0.25) is 0 Å². The minimum absolute atomic E-state index is 0.399. The first-order chi connectivity index (χ1) is 6.06. The van der Waals surface area contributed by atoms with Crippen LogP contribution in [-0.4, -0.2) is 21.3 Å². The molecule has 0 heterocycles. The monoisotopic (exact) mass is 182 g/mol. The van der Waals surface area contributed by atoms with E-state index in [2.05, 4.69) is 0 Å². The summed E-state index contributed by atoms with van der Waals surface area (Å²) in [6, 6.07) is 2.67. The van der Waals surface area contributed by atoms with Crippen LogP contribution in [0.5, 0.6) is 11.5 Å². The average Bonchev–Trinajstić information content (AvgIpc) is 2.02. The highest BCUT2D eigenvalue weighted by Gasteiger charge is 2.15. The van der Waals surface area contributed by atoms with Crippen LogP contribution in [0.4, 0.5) is 0 Å². The summed E-state index contributed by atoms with van der Waals surface area (Å²) < 4.78 is 0. The van der Waals surface area contributed by atoms with Crippen LogP contribution in [0.25, 0.3) is 0 Å². The van der Waals surface area contributed by atoms with Crippen LogP contribution >= 0.6 is 0 Å². The van der Waals surface area contributed by atoms with Gasteiger partial charge in [0.15, 0.2) is 0 Å². The third-order valence-electron chi connectivity index (χ3n) is 1.78. The summed E-state index contributed by atoms with van der Waals surface area (Å²) in [7, 11) is 0. The Morgan fingerprint density at radius 1 is 1.31 bits per heavy atom. The maximum absolute atomic E-state index is 10.5. The number of hydrogen-bond acceptors (Lipinski definition) is 3. The van der Waals surface area contributed by atoms with Crippen molar-refractivity contribution < 1.29 is 20.1 Å². The highest BCUT2D eigenvalue weighted by Crippen LogP contribution is 2.28. The van der Waals surface area contributed by atoms with Crippen molar-refractivity contribution in [1.29, 1.82) is 0 Å². The van der Waals surface area contributed by atoms with Crippen molar-refractivity contribution in [2.24, 2.45) is 0 Å². The SMILES string of the molecule is CCc1cc(O)c(C(=O)O)c(O)c1. The Balaban J connectivity index is 3.31. The summed E-state index contributed by atoms with van der Waals surface area (Å²) >= 11 is 0. The van der Waals surface area contributed by atoms with Crippen molar-refractivity contribution in [3.05, 3.63) is 23.3 Å². The van der Waals surface area contributed by atoms with Crippen molar-refractivity contribution in [1.82, 2.24) is 0 Å². The van der Waals surface area contributed by atoms with Gasteiger partial charge in [-0.25, -0.2) is 4.79 Å². The van der Waals surface area contributed by atoms with Gasteiger partial charge in [-0.05, 0) is 24.1 Å². The molecule has 4 heteroatoms. The van der Waals surface area contributed by atoms with Gasteiger partial charge in [0.25, 0.3) is 0 Å². The number of aryl methyl sites for hydroxylation is 1. The Bertz CT molecular complexity index is 320. The molecule has 1 aromatic rings. The molecular formula is C9H10O4. The molecule has 0 spiro atoms. The fourth-order valence-electron chi connectivity index (χ4n) is 1.09. The molecule has 0 bridgehead atoms. The van der Waals surface area contributed by atoms with E-state index in [4.69, 9.17) is 5.11 Å². The topological polar surface area (TPSA) is 77.8 Å². The molecule has 0 atom stereocenters. The zero-order valence-electron chi connectivity index (χ0n) is 7.11. The summed E-state index contributed by atoms with van der Waals surface area (Å²) in [6.07, 6.45) is 0.626. The van der Waals surface area contributed by atoms with Crippen molar-refractivity contribution in [2.45, 2.75) is 13.3 Å². The predicted octanol–water partition coefficient (Wildman–Crippen LogP) is 1.36. The van der Waals surface area contributed by atoms with Crippen LogP contribution in [0.2, 0.25) is 0 Å². The van der Waals surface area contributed by atoms with Gasteiger partial charge in [-0.2, -0.15) is 0 Å². The molecule has 1 rings (SSSR count). The molecule has 13 heavy (non-hydrogen) atoms. The smallest absolute Gasteiger partial charge is 0.343 e. The van der Waals surface area contributed by atoms with Gasteiger partial charge in [0.2, 0.25) is 0 Å². The third-order valence-corrected chi connectivity index (χ3v) is 1.78. The molecule has 70 valence electrons. The van der Waals surface area contributed by atoms with Crippen molar-refractivity contribution in [3.8, 4) is 11.5 Å². The van der Waals surface area contributed by atoms with E-state index in [-0.39, 0.29) is 0 Å². The van der Waals surface area contributed by atoms with Crippen LogP contribution in [0, 0.1) is 0 Å². The maximum atomic E-state index is 10.5. The summed E-state index contributed by atoms with van der Waals surface area (Å²) in [5.74, 6) is -2.13. The summed E-state index contributed by atoms with van der Waals surface area (Å²) in [6.45, 7) is 1.84. The zero-order valence-corrected chi connectivity index (χ0v) is 7.11. The second-order valence-electron chi connectivity index (χ2n) is 2.67. The highest BCUT2D eigenvalue weighted by molar-refractivity contribution is 5.94. The predicted molar refractivity (Wildman–Crippen MR) is 46.1 cm³/mol. The van der Waals surface area contributed by atoms with E-state index >= 15 is 0 Å². The van der Waals surface area contributed by atoms with Crippen molar-refractivity contribution in [2.75, 3.05) is 0 Å². The quantitative estimate of drug-likeness (QED) is 0.645. The number of benzene rings is 1. The Kier molecular flexibility index (Phi) is 2.41. The summed E-state index contributed by atoms with van der Waals surface area (Å²) in [5, 5.41) is 27.1. The normalized spacial score (nSPS) is 9.92. The molecule has 0 radical (unpaired) electrons. The molecule has 0 aliphatic carbocycles. The number of carbonyl (C=O) groups is 1. The van der Waals surface area contributed by atoms with E-state index in [1.807, 2.05) is 6.92 Å². The average molecular weight is 182 g/mol. The molecule has 0 saturated heterocycles. The Morgan fingerprint density at radius 2 is 1.77 bits per heavy atom. The molecule has 0 aromatic heterocycles. The Labute approximate surface area is 75.1 Å². The second kappa shape index (κ2) is 3.35. The van der Waals surface area contributed by atoms with Crippen LogP contribution in [0.15, 0.2) is 12.1 Å². The lowest BCUT2D eigenvalue weighted by atomic mass is 10.1. The van der Waals surface area contributed by atoms with Gasteiger partial charge >= 0.3 is 5.97 Å². The number of hydrogen-bond donors (Lipinski definition) is 3. The second-order valence-corrected chi connectivity index (χ2v) is 2.67. The number of carboxylic acid groups (broad SMARTS) is 1. The molecule has 0 aliphatic heterocycles. The number of rotatable bonds is 2. The van der Waals surface area contributed by atoms with E-state index in [1.165, 1.54) is 12.1 Å². The number of aromatic hydroxyl groups is 2. The van der Waals surface area contributed by atoms with Gasteiger partial charge in [0.05, 0.1) is 0 Å². The van der Waals surface area contributed by atoms with Gasteiger partial charge in [-0.1, -0.05) is 6.92 Å². The molecule has 1 aromatic carbocycles. The fourth-order valence-corrected chi connectivity index (χ4v) is 1.09. The largest absolute Gasteiger partial charge is 0.507 e. The fraction of sp³-hybridized carbons (Fsp3) is 0.222. The first-order valence-electron chi connectivity index (χ1n) is 3.84. The van der Waals surface area contributed by atoms with Gasteiger partial charge in [0.1, 0.15) is 17.1 Å². The maximum Gasteiger partial charge on any atom is 0.343 e. The summed E-state index contributed by atoms with van der Waals surface area (Å²) in [4.78, 5) is 10.5. The molecular weight excluding hydrogens is 172 g/mol. The lowest BCUT2D eigenvalue weighted by Crippen LogP contribution is -1.98. The number of phenols is 2. The minimum atomic E-state index is -1.34. The van der Waals surface area contributed by atoms with Gasteiger partial charge in [0, 0.05) is 0 Å². The molecule has 0 unspecified atom stereocenters. The molecule has 0 saturated carbocycles. The molecule has 3 N–H and O–H groups in total. The first-order valence-corrected chi connectivity index (χ1v) is 3.84. The van der Waals surface area contributed by atoms with E-state index in [0.29, 0.717) is 12.0 Å². The standard InChI is InChI=1S/C9H10O4/c1-2-5-3-6(10)8(9(12)13)7(11)4-5/h3-4,10-11H,2H2,1H3,(H,12,13). The van der Waals surface area contributed by atoms with E-state index in [1.54, 1.807) is 0 Å². The van der Waals surface area contributed by atoms with Crippen molar-refractivity contribution >= 4 is 5.97 Å². The number of carboxylic acids is 1. The minimum Gasteiger partial charge on any atom is -0.507 e.